The van der Waals surface area contributed by atoms with Crippen LogP contribution in [-0.4, -0.2) is 17.3 Å². The molecule has 2 rings (SSSR count). The Balaban J connectivity index is 2.96. The molecule has 2 N–H and O–H groups in total. The summed E-state index contributed by atoms with van der Waals surface area (Å²) < 4.78 is 5.05. The molecule has 0 aliphatic rings. The maximum Gasteiger partial charge on any atom is 0.201 e. The lowest BCUT2D eigenvalue weighted by molar-refractivity contribution is 0.351. The number of hydrogen-bond acceptors (Lipinski definition) is 3. The molecule has 0 heterocycles. The average Bonchev–Trinajstić information content (AvgIpc) is 2.27. The summed E-state index contributed by atoms with van der Waals surface area (Å²) in [6.07, 6.45) is 0. The number of ether oxygens (including phenoxy) is 1. The second kappa shape index (κ2) is 3.35. The lowest BCUT2D eigenvalue weighted by Gasteiger charge is -2.12. The van der Waals surface area contributed by atoms with Crippen molar-refractivity contribution in [2.45, 2.75) is 6.92 Å². The third kappa shape index (κ3) is 1.28. The second-order valence-corrected chi connectivity index (χ2v) is 3.40. The number of aryl methyl sites for hydroxylation is 1. The van der Waals surface area contributed by atoms with E-state index in [1.165, 1.54) is 7.11 Å². The van der Waals surface area contributed by atoms with Gasteiger partial charge in [0.05, 0.1) is 7.11 Å². The van der Waals surface area contributed by atoms with Gasteiger partial charge in [0.15, 0.2) is 11.5 Å². The van der Waals surface area contributed by atoms with Crippen LogP contribution in [0.15, 0.2) is 24.3 Å². The molecule has 3 heteroatoms. The minimum atomic E-state index is -0.200. The summed E-state index contributed by atoms with van der Waals surface area (Å²) in [6.45, 7) is 1.85. The number of rotatable bonds is 1. The van der Waals surface area contributed by atoms with Gasteiger partial charge in [-0.15, -0.1) is 0 Å². The normalized spacial score (nSPS) is 10.5. The van der Waals surface area contributed by atoms with Crippen LogP contribution >= 0.6 is 0 Å². The van der Waals surface area contributed by atoms with Gasteiger partial charge in [0.25, 0.3) is 0 Å². The number of benzene rings is 2. The van der Waals surface area contributed by atoms with E-state index < -0.39 is 0 Å². The molecule has 3 nitrogen and oxygen atoms in total. The topological polar surface area (TPSA) is 49.7 Å². The first-order valence-electron chi connectivity index (χ1n) is 4.64. The quantitative estimate of drug-likeness (QED) is 0.702. The summed E-state index contributed by atoms with van der Waals surface area (Å²) in [5.41, 5.74) is 0.823. The highest BCUT2D eigenvalue weighted by molar-refractivity contribution is 5.95. The minimum Gasteiger partial charge on any atom is -0.504 e. The zero-order valence-corrected chi connectivity index (χ0v) is 8.61. The van der Waals surface area contributed by atoms with Crippen LogP contribution in [0.1, 0.15) is 5.56 Å². The molecule has 0 aromatic heterocycles. The Kier molecular flexibility index (Phi) is 2.15. The molecule has 2 aromatic rings. The van der Waals surface area contributed by atoms with E-state index in [1.54, 1.807) is 6.07 Å². The number of aromatic hydroxyl groups is 2. The summed E-state index contributed by atoms with van der Waals surface area (Å²) in [5, 5.41) is 21.0. The van der Waals surface area contributed by atoms with E-state index in [2.05, 4.69) is 0 Å². The molecule has 0 saturated heterocycles. The van der Waals surface area contributed by atoms with Crippen LogP contribution in [0.5, 0.6) is 17.2 Å². The van der Waals surface area contributed by atoms with Gasteiger partial charge in [-0.05, 0) is 12.3 Å². The first kappa shape index (κ1) is 9.65. The summed E-state index contributed by atoms with van der Waals surface area (Å²) in [4.78, 5) is 0. The van der Waals surface area contributed by atoms with Crippen molar-refractivity contribution >= 4 is 10.8 Å². The summed E-state index contributed by atoms with van der Waals surface area (Å²) in [7, 11) is 1.47. The Morgan fingerprint density at radius 1 is 1.00 bits per heavy atom. The predicted octanol–water partition coefficient (Wildman–Crippen LogP) is 2.57. The van der Waals surface area contributed by atoms with Crippen molar-refractivity contribution in [3.63, 3.8) is 0 Å². The Labute approximate surface area is 87.5 Å². The van der Waals surface area contributed by atoms with E-state index >= 15 is 0 Å². The predicted molar refractivity (Wildman–Crippen MR) is 58.6 cm³/mol. The number of fused-ring (bicyclic) bond motifs is 1. The molecular formula is C12H12O3. The molecule has 0 radical (unpaired) electrons. The van der Waals surface area contributed by atoms with Gasteiger partial charge in [-0.25, -0.2) is 0 Å². The van der Waals surface area contributed by atoms with E-state index in [4.69, 9.17) is 4.74 Å². The first-order valence-corrected chi connectivity index (χ1v) is 4.64. The van der Waals surface area contributed by atoms with Crippen molar-refractivity contribution in [3.05, 3.63) is 29.8 Å². The maximum absolute atomic E-state index is 9.76. The van der Waals surface area contributed by atoms with Gasteiger partial charge in [0, 0.05) is 10.9 Å². The fourth-order valence-electron chi connectivity index (χ4n) is 1.80. The van der Waals surface area contributed by atoms with Crippen LogP contribution in [0.25, 0.3) is 10.8 Å². The second-order valence-electron chi connectivity index (χ2n) is 3.40. The molecule has 0 aliphatic heterocycles. The van der Waals surface area contributed by atoms with E-state index in [0.717, 1.165) is 10.9 Å². The van der Waals surface area contributed by atoms with E-state index in [0.29, 0.717) is 11.1 Å². The van der Waals surface area contributed by atoms with Gasteiger partial charge >= 0.3 is 0 Å². The zero-order chi connectivity index (χ0) is 11.0. The zero-order valence-electron chi connectivity index (χ0n) is 8.61. The molecule has 0 atom stereocenters. The van der Waals surface area contributed by atoms with E-state index in [-0.39, 0.29) is 11.5 Å². The Bertz CT molecular complexity index is 518. The smallest absolute Gasteiger partial charge is 0.201 e. The Morgan fingerprint density at radius 3 is 2.20 bits per heavy atom. The van der Waals surface area contributed by atoms with Gasteiger partial charge in [0.2, 0.25) is 5.75 Å². The van der Waals surface area contributed by atoms with Crippen LogP contribution in [0.2, 0.25) is 0 Å². The Morgan fingerprint density at radius 2 is 1.60 bits per heavy atom. The van der Waals surface area contributed by atoms with Crippen molar-refractivity contribution in [2.75, 3.05) is 7.11 Å². The van der Waals surface area contributed by atoms with Crippen molar-refractivity contribution < 1.29 is 14.9 Å². The molecule has 0 aliphatic carbocycles. The number of phenols is 2. The maximum atomic E-state index is 9.76. The van der Waals surface area contributed by atoms with Crippen LogP contribution in [0.3, 0.4) is 0 Å². The standard InChI is InChI=1S/C12H12O3/c1-7-8-5-3-4-6-9(8)10(13)11(14)12(7)15-2/h3-6,13-14H,1-2H3. The molecule has 0 spiro atoms. The third-order valence-corrected chi connectivity index (χ3v) is 2.57. The number of hydrogen-bond donors (Lipinski definition) is 2. The highest BCUT2D eigenvalue weighted by Gasteiger charge is 2.15. The van der Waals surface area contributed by atoms with Crippen LogP contribution < -0.4 is 4.74 Å². The molecular weight excluding hydrogens is 192 g/mol. The molecule has 0 unspecified atom stereocenters. The molecule has 2 aromatic carbocycles. The SMILES string of the molecule is COc1c(O)c(O)c2ccccc2c1C. The van der Waals surface area contributed by atoms with E-state index in [1.807, 2.05) is 25.1 Å². The first-order chi connectivity index (χ1) is 7.16. The Hall–Kier alpha value is -1.90. The monoisotopic (exact) mass is 204 g/mol. The van der Waals surface area contributed by atoms with Crippen molar-refractivity contribution in [2.24, 2.45) is 0 Å². The molecule has 78 valence electrons. The lowest BCUT2D eigenvalue weighted by Crippen LogP contribution is -1.90. The molecule has 0 saturated carbocycles. The third-order valence-electron chi connectivity index (χ3n) is 2.57. The molecule has 0 bridgehead atoms. The van der Waals surface area contributed by atoms with Crippen LogP contribution in [0.4, 0.5) is 0 Å². The van der Waals surface area contributed by atoms with Crippen LogP contribution in [0, 0.1) is 6.92 Å². The fourth-order valence-corrected chi connectivity index (χ4v) is 1.80. The molecule has 15 heavy (non-hydrogen) atoms. The van der Waals surface area contributed by atoms with Crippen molar-refractivity contribution in [1.82, 2.24) is 0 Å². The van der Waals surface area contributed by atoms with Crippen molar-refractivity contribution in [1.29, 1.82) is 0 Å². The summed E-state index contributed by atoms with van der Waals surface area (Å²) >= 11 is 0. The summed E-state index contributed by atoms with van der Waals surface area (Å²) in [5.74, 6) is -0.00653. The van der Waals surface area contributed by atoms with Gasteiger partial charge in [-0.1, -0.05) is 24.3 Å². The fraction of sp³-hybridized carbons (Fsp3) is 0.167. The van der Waals surface area contributed by atoms with Gasteiger partial charge in [0.1, 0.15) is 0 Å². The van der Waals surface area contributed by atoms with Gasteiger partial charge < -0.3 is 14.9 Å². The van der Waals surface area contributed by atoms with E-state index in [9.17, 15) is 10.2 Å². The lowest BCUT2D eigenvalue weighted by atomic mass is 10.0. The minimum absolute atomic E-state index is 0.131. The average molecular weight is 204 g/mol. The van der Waals surface area contributed by atoms with Gasteiger partial charge in [-0.2, -0.15) is 0 Å². The van der Waals surface area contributed by atoms with Crippen LogP contribution in [-0.2, 0) is 0 Å². The number of methoxy groups -OCH3 is 1. The molecule has 0 fully saturated rings. The van der Waals surface area contributed by atoms with Gasteiger partial charge in [-0.3, -0.25) is 0 Å². The number of phenolic OH excluding ortho intramolecular Hbond substituents is 2. The summed E-state index contributed by atoms with van der Waals surface area (Å²) in [6, 6.07) is 7.34. The largest absolute Gasteiger partial charge is 0.504 e. The molecule has 0 amide bonds. The van der Waals surface area contributed by atoms with Crippen molar-refractivity contribution in [3.8, 4) is 17.2 Å². The highest BCUT2D eigenvalue weighted by Crippen LogP contribution is 2.44. The highest BCUT2D eigenvalue weighted by atomic mass is 16.5.